The molecular weight excluding hydrogens is 228 g/mol. The van der Waals surface area contributed by atoms with Gasteiger partial charge < -0.3 is 15.3 Å². The summed E-state index contributed by atoms with van der Waals surface area (Å²) in [5.74, 6) is 1.16. The summed E-state index contributed by atoms with van der Waals surface area (Å²) in [7, 11) is 0. The summed E-state index contributed by atoms with van der Waals surface area (Å²) in [5.41, 5.74) is 0.409. The van der Waals surface area contributed by atoms with E-state index < -0.39 is 6.10 Å². The minimum atomic E-state index is -0.723. The molecule has 3 nitrogen and oxygen atoms in total. The van der Waals surface area contributed by atoms with Gasteiger partial charge in [-0.05, 0) is 36.5 Å². The SMILES string of the molecule is CC(C)CCC(C)CC(O)c1cc(O)ccc1O. The third-order valence-corrected chi connectivity index (χ3v) is 3.23. The van der Waals surface area contributed by atoms with Gasteiger partial charge >= 0.3 is 0 Å². The lowest BCUT2D eigenvalue weighted by Crippen LogP contribution is -2.06. The topological polar surface area (TPSA) is 60.7 Å². The van der Waals surface area contributed by atoms with Crippen molar-refractivity contribution in [1.82, 2.24) is 0 Å². The average Bonchev–Trinajstić information content (AvgIpc) is 2.29. The van der Waals surface area contributed by atoms with Crippen LogP contribution in [0.25, 0.3) is 0 Å². The normalized spacial score (nSPS) is 14.7. The molecule has 0 heterocycles. The van der Waals surface area contributed by atoms with Crippen LogP contribution in [0.3, 0.4) is 0 Å². The van der Waals surface area contributed by atoms with Gasteiger partial charge in [-0.2, -0.15) is 0 Å². The third kappa shape index (κ3) is 4.57. The highest BCUT2D eigenvalue weighted by Gasteiger charge is 2.16. The molecular formula is C15H24O3. The maximum Gasteiger partial charge on any atom is 0.121 e. The third-order valence-electron chi connectivity index (χ3n) is 3.23. The standard InChI is InChI=1S/C15H24O3/c1-10(2)4-5-11(3)8-15(18)13-9-12(16)6-7-14(13)17/h6-7,9-11,15-18H,4-5,8H2,1-3H3. The second-order valence-corrected chi connectivity index (χ2v) is 5.57. The fourth-order valence-electron chi connectivity index (χ4n) is 2.05. The molecule has 1 rings (SSSR count). The highest BCUT2D eigenvalue weighted by molar-refractivity contribution is 5.39. The molecule has 102 valence electrons. The van der Waals surface area contributed by atoms with Crippen LogP contribution < -0.4 is 0 Å². The first-order chi connectivity index (χ1) is 8.40. The maximum atomic E-state index is 10.1. The van der Waals surface area contributed by atoms with Crippen molar-refractivity contribution in [2.75, 3.05) is 0 Å². The van der Waals surface area contributed by atoms with Gasteiger partial charge in [-0.3, -0.25) is 0 Å². The Hall–Kier alpha value is -1.22. The van der Waals surface area contributed by atoms with Crippen LogP contribution in [0.2, 0.25) is 0 Å². The zero-order valence-electron chi connectivity index (χ0n) is 11.4. The van der Waals surface area contributed by atoms with E-state index in [1.807, 2.05) is 0 Å². The van der Waals surface area contributed by atoms with Crippen LogP contribution in [0.15, 0.2) is 18.2 Å². The molecule has 0 spiro atoms. The molecule has 0 fully saturated rings. The van der Waals surface area contributed by atoms with Crippen LogP contribution >= 0.6 is 0 Å². The number of phenolic OH excluding ortho intramolecular Hbond substituents is 2. The molecule has 0 radical (unpaired) electrons. The van der Waals surface area contributed by atoms with Crippen LogP contribution in [-0.4, -0.2) is 15.3 Å². The van der Waals surface area contributed by atoms with Crippen LogP contribution in [0.4, 0.5) is 0 Å². The molecule has 3 heteroatoms. The molecule has 0 aliphatic carbocycles. The summed E-state index contributed by atoms with van der Waals surface area (Å²) in [4.78, 5) is 0. The zero-order valence-corrected chi connectivity index (χ0v) is 11.4. The van der Waals surface area contributed by atoms with E-state index in [0.29, 0.717) is 23.8 Å². The number of hydrogen-bond donors (Lipinski definition) is 3. The van der Waals surface area contributed by atoms with Crippen molar-refractivity contribution in [2.45, 2.75) is 46.1 Å². The Morgan fingerprint density at radius 1 is 1.06 bits per heavy atom. The second kappa shape index (κ2) is 6.64. The van der Waals surface area contributed by atoms with E-state index in [0.717, 1.165) is 12.8 Å². The summed E-state index contributed by atoms with van der Waals surface area (Å²) in [6.07, 6.45) is 2.08. The Kier molecular flexibility index (Phi) is 5.48. The van der Waals surface area contributed by atoms with Crippen LogP contribution in [-0.2, 0) is 0 Å². The molecule has 3 N–H and O–H groups in total. The fourth-order valence-corrected chi connectivity index (χ4v) is 2.05. The van der Waals surface area contributed by atoms with Gasteiger partial charge in [0.15, 0.2) is 0 Å². The molecule has 18 heavy (non-hydrogen) atoms. The van der Waals surface area contributed by atoms with E-state index in [1.165, 1.54) is 18.2 Å². The smallest absolute Gasteiger partial charge is 0.121 e. The Bertz CT molecular complexity index is 374. The van der Waals surface area contributed by atoms with E-state index in [-0.39, 0.29) is 11.5 Å². The second-order valence-electron chi connectivity index (χ2n) is 5.57. The van der Waals surface area contributed by atoms with Gasteiger partial charge in [0.2, 0.25) is 0 Å². The van der Waals surface area contributed by atoms with Crippen LogP contribution in [0.5, 0.6) is 11.5 Å². The minimum Gasteiger partial charge on any atom is -0.508 e. The Labute approximate surface area is 109 Å². The van der Waals surface area contributed by atoms with Crippen molar-refractivity contribution < 1.29 is 15.3 Å². The predicted molar refractivity (Wildman–Crippen MR) is 72.6 cm³/mol. The van der Waals surface area contributed by atoms with Gasteiger partial charge in [0.05, 0.1) is 6.10 Å². The lowest BCUT2D eigenvalue weighted by atomic mass is 9.92. The van der Waals surface area contributed by atoms with Crippen molar-refractivity contribution in [3.8, 4) is 11.5 Å². The largest absolute Gasteiger partial charge is 0.508 e. The highest BCUT2D eigenvalue weighted by atomic mass is 16.3. The van der Waals surface area contributed by atoms with Gasteiger partial charge in [-0.15, -0.1) is 0 Å². The van der Waals surface area contributed by atoms with Crippen LogP contribution in [0, 0.1) is 11.8 Å². The Morgan fingerprint density at radius 2 is 1.72 bits per heavy atom. The Balaban J connectivity index is 2.58. The van der Waals surface area contributed by atoms with Gasteiger partial charge in [0.25, 0.3) is 0 Å². The number of rotatable bonds is 6. The highest BCUT2D eigenvalue weighted by Crippen LogP contribution is 2.32. The summed E-state index contributed by atoms with van der Waals surface area (Å²) in [5, 5.41) is 29.1. The number of aliphatic hydroxyl groups is 1. The number of benzene rings is 1. The molecule has 1 aromatic carbocycles. The predicted octanol–water partition coefficient (Wildman–Crippen LogP) is 3.59. The molecule has 0 aliphatic heterocycles. The van der Waals surface area contributed by atoms with Crippen molar-refractivity contribution in [3.63, 3.8) is 0 Å². The summed E-state index contributed by atoms with van der Waals surface area (Å²) in [6, 6.07) is 4.25. The van der Waals surface area contributed by atoms with E-state index in [1.54, 1.807) is 0 Å². The zero-order chi connectivity index (χ0) is 13.7. The van der Waals surface area contributed by atoms with Gasteiger partial charge in [0, 0.05) is 5.56 Å². The van der Waals surface area contributed by atoms with E-state index in [9.17, 15) is 15.3 Å². The molecule has 2 unspecified atom stereocenters. The fraction of sp³-hybridized carbons (Fsp3) is 0.600. The van der Waals surface area contributed by atoms with Gasteiger partial charge in [-0.25, -0.2) is 0 Å². The van der Waals surface area contributed by atoms with Crippen molar-refractivity contribution >= 4 is 0 Å². The summed E-state index contributed by atoms with van der Waals surface area (Å²) < 4.78 is 0. The molecule has 0 aliphatic rings. The number of phenols is 2. The van der Waals surface area contributed by atoms with Crippen LogP contribution in [0.1, 0.15) is 51.7 Å². The monoisotopic (exact) mass is 252 g/mol. The minimum absolute atomic E-state index is 0.0383. The first-order valence-electron chi connectivity index (χ1n) is 6.60. The van der Waals surface area contributed by atoms with Gasteiger partial charge in [-0.1, -0.05) is 33.6 Å². The molecule has 0 amide bonds. The number of aromatic hydroxyl groups is 2. The molecule has 2 atom stereocenters. The Morgan fingerprint density at radius 3 is 2.33 bits per heavy atom. The lowest BCUT2D eigenvalue weighted by molar-refractivity contribution is 0.140. The quantitative estimate of drug-likeness (QED) is 0.678. The molecule has 0 bridgehead atoms. The van der Waals surface area contributed by atoms with E-state index >= 15 is 0 Å². The summed E-state index contributed by atoms with van der Waals surface area (Å²) in [6.45, 7) is 6.47. The maximum absolute atomic E-state index is 10.1. The number of aliphatic hydroxyl groups excluding tert-OH is 1. The lowest BCUT2D eigenvalue weighted by Gasteiger charge is -2.18. The van der Waals surface area contributed by atoms with E-state index in [4.69, 9.17) is 0 Å². The molecule has 0 saturated heterocycles. The first kappa shape index (κ1) is 14.8. The van der Waals surface area contributed by atoms with E-state index in [2.05, 4.69) is 20.8 Å². The molecule has 0 saturated carbocycles. The average molecular weight is 252 g/mol. The van der Waals surface area contributed by atoms with Crippen molar-refractivity contribution in [2.24, 2.45) is 11.8 Å². The van der Waals surface area contributed by atoms with Crippen molar-refractivity contribution in [1.29, 1.82) is 0 Å². The van der Waals surface area contributed by atoms with Crippen molar-refractivity contribution in [3.05, 3.63) is 23.8 Å². The number of hydrogen-bond acceptors (Lipinski definition) is 3. The first-order valence-corrected chi connectivity index (χ1v) is 6.60. The van der Waals surface area contributed by atoms with Gasteiger partial charge in [0.1, 0.15) is 11.5 Å². The molecule has 0 aromatic heterocycles. The summed E-state index contributed by atoms with van der Waals surface area (Å²) >= 11 is 0. The molecule has 1 aromatic rings.